The van der Waals surface area contributed by atoms with Crippen LogP contribution in [0.3, 0.4) is 0 Å². The highest BCUT2D eigenvalue weighted by atomic mass is 79.9. The number of hydrogen-bond acceptors (Lipinski definition) is 3. The number of aryl methyl sites for hydroxylation is 1. The maximum Gasteiger partial charge on any atom is 0.241 e. The lowest BCUT2D eigenvalue weighted by molar-refractivity contribution is 0.566. The number of aromatic nitrogens is 2. The minimum absolute atomic E-state index is 0.245. The molecule has 108 valence electrons. The summed E-state index contributed by atoms with van der Waals surface area (Å²) in [6.45, 7) is 3.72. The van der Waals surface area contributed by atoms with E-state index in [0.717, 1.165) is 15.7 Å². The predicted octanol–water partition coefficient (Wildman–Crippen LogP) is 2.53. The molecule has 0 aliphatic heterocycles. The van der Waals surface area contributed by atoms with Crippen LogP contribution in [0.2, 0.25) is 0 Å². The molecule has 7 heteroatoms. The zero-order valence-electron chi connectivity index (χ0n) is 11.5. The molecule has 0 aliphatic carbocycles. The third-order valence-electron chi connectivity index (χ3n) is 3.20. The van der Waals surface area contributed by atoms with E-state index in [2.05, 4.69) is 25.8 Å². The second-order valence-electron chi connectivity index (χ2n) is 4.61. The molecule has 0 aliphatic rings. The van der Waals surface area contributed by atoms with Crippen molar-refractivity contribution in [2.75, 3.05) is 0 Å². The summed E-state index contributed by atoms with van der Waals surface area (Å²) >= 11 is 3.29. The summed E-state index contributed by atoms with van der Waals surface area (Å²) in [6, 6.07) is 6.20. The van der Waals surface area contributed by atoms with Crippen molar-refractivity contribution in [2.24, 2.45) is 7.05 Å². The molecule has 0 spiro atoms. The Balaban J connectivity index is 2.24. The summed E-state index contributed by atoms with van der Waals surface area (Å²) in [5, 5.41) is 4.13. The summed E-state index contributed by atoms with van der Waals surface area (Å²) in [4.78, 5) is 0.245. The third kappa shape index (κ3) is 3.11. The van der Waals surface area contributed by atoms with Gasteiger partial charge in [-0.2, -0.15) is 5.10 Å². The molecule has 1 atom stereocenters. The van der Waals surface area contributed by atoms with Crippen LogP contribution in [0, 0.1) is 6.92 Å². The van der Waals surface area contributed by atoms with E-state index in [9.17, 15) is 8.42 Å². The van der Waals surface area contributed by atoms with Gasteiger partial charge in [-0.25, -0.2) is 13.1 Å². The van der Waals surface area contributed by atoms with E-state index in [-0.39, 0.29) is 10.9 Å². The van der Waals surface area contributed by atoms with Crippen LogP contribution >= 0.6 is 15.9 Å². The molecule has 2 aromatic rings. The minimum Gasteiger partial charge on any atom is -0.273 e. The van der Waals surface area contributed by atoms with Crippen LogP contribution in [0.5, 0.6) is 0 Å². The van der Waals surface area contributed by atoms with Crippen molar-refractivity contribution in [3.63, 3.8) is 0 Å². The molecule has 1 aromatic carbocycles. The van der Waals surface area contributed by atoms with Crippen molar-refractivity contribution in [1.29, 1.82) is 0 Å². The Morgan fingerprint density at radius 3 is 2.40 bits per heavy atom. The SMILES string of the molecule is Cc1c(C(C)NS(=O)(=O)c2ccc(Br)cc2)cnn1C. The lowest BCUT2D eigenvalue weighted by Crippen LogP contribution is -2.27. The Morgan fingerprint density at radius 2 is 1.90 bits per heavy atom. The highest BCUT2D eigenvalue weighted by Crippen LogP contribution is 2.20. The molecule has 0 bridgehead atoms. The van der Waals surface area contributed by atoms with Crippen LogP contribution in [0.25, 0.3) is 0 Å². The summed E-state index contributed by atoms with van der Waals surface area (Å²) in [5.74, 6) is 0. The van der Waals surface area contributed by atoms with Gasteiger partial charge in [-0.3, -0.25) is 4.68 Å². The van der Waals surface area contributed by atoms with Crippen molar-refractivity contribution in [1.82, 2.24) is 14.5 Å². The molecule has 0 saturated heterocycles. The molecule has 2 rings (SSSR count). The Labute approximate surface area is 127 Å². The molecule has 1 unspecified atom stereocenters. The van der Waals surface area contributed by atoms with Crippen LogP contribution < -0.4 is 4.72 Å². The number of benzene rings is 1. The Kier molecular flexibility index (Phi) is 4.31. The van der Waals surface area contributed by atoms with Gasteiger partial charge in [0.2, 0.25) is 10.0 Å². The Hall–Kier alpha value is -1.18. The molecule has 0 saturated carbocycles. The number of hydrogen-bond donors (Lipinski definition) is 1. The second-order valence-corrected chi connectivity index (χ2v) is 7.24. The second kappa shape index (κ2) is 5.67. The molecule has 0 radical (unpaired) electrons. The average molecular weight is 358 g/mol. The summed E-state index contributed by atoms with van der Waals surface area (Å²) < 4.78 is 29.8. The highest BCUT2D eigenvalue weighted by molar-refractivity contribution is 9.10. The predicted molar refractivity (Wildman–Crippen MR) is 80.8 cm³/mol. The normalized spacial score (nSPS) is 13.4. The van der Waals surface area contributed by atoms with E-state index in [1.54, 1.807) is 42.1 Å². The van der Waals surface area contributed by atoms with Crippen LogP contribution in [0.1, 0.15) is 24.2 Å². The molecule has 1 aromatic heterocycles. The van der Waals surface area contributed by atoms with Crippen molar-refractivity contribution in [3.8, 4) is 0 Å². The first kappa shape index (κ1) is 15.2. The monoisotopic (exact) mass is 357 g/mol. The van der Waals surface area contributed by atoms with Crippen LogP contribution in [-0.4, -0.2) is 18.2 Å². The first-order valence-electron chi connectivity index (χ1n) is 6.07. The lowest BCUT2D eigenvalue weighted by atomic mass is 10.1. The van der Waals surface area contributed by atoms with E-state index in [1.807, 2.05) is 14.0 Å². The molecule has 1 heterocycles. The number of nitrogens with zero attached hydrogens (tertiary/aromatic N) is 2. The van der Waals surface area contributed by atoms with Gasteiger partial charge in [-0.05, 0) is 38.1 Å². The van der Waals surface area contributed by atoms with Crippen molar-refractivity contribution in [2.45, 2.75) is 24.8 Å². The summed E-state index contributed by atoms with van der Waals surface area (Å²) in [6.07, 6.45) is 1.68. The smallest absolute Gasteiger partial charge is 0.241 e. The van der Waals surface area contributed by atoms with Gasteiger partial charge in [0, 0.05) is 28.8 Å². The Bertz CT molecular complexity index is 708. The van der Waals surface area contributed by atoms with Gasteiger partial charge in [-0.1, -0.05) is 15.9 Å². The molecular weight excluding hydrogens is 342 g/mol. The fraction of sp³-hybridized carbons (Fsp3) is 0.308. The third-order valence-corrected chi connectivity index (χ3v) is 5.28. The molecule has 5 nitrogen and oxygen atoms in total. The fourth-order valence-corrected chi connectivity index (χ4v) is 3.41. The van der Waals surface area contributed by atoms with Gasteiger partial charge in [0.25, 0.3) is 0 Å². The molecule has 20 heavy (non-hydrogen) atoms. The summed E-state index contributed by atoms with van der Waals surface area (Å²) in [7, 11) is -1.71. The van der Waals surface area contributed by atoms with E-state index in [1.165, 1.54) is 0 Å². The van der Waals surface area contributed by atoms with E-state index in [0.29, 0.717) is 0 Å². The minimum atomic E-state index is -3.54. The summed E-state index contributed by atoms with van der Waals surface area (Å²) in [5.41, 5.74) is 1.81. The zero-order chi connectivity index (χ0) is 14.9. The van der Waals surface area contributed by atoms with Crippen molar-refractivity contribution < 1.29 is 8.42 Å². The van der Waals surface area contributed by atoms with E-state index < -0.39 is 10.0 Å². The van der Waals surface area contributed by atoms with Gasteiger partial charge in [0.15, 0.2) is 0 Å². The van der Waals surface area contributed by atoms with Crippen LogP contribution in [-0.2, 0) is 17.1 Å². The van der Waals surface area contributed by atoms with Gasteiger partial charge in [0.05, 0.1) is 11.1 Å². The average Bonchev–Trinajstić information content (AvgIpc) is 2.70. The van der Waals surface area contributed by atoms with Crippen LogP contribution in [0.15, 0.2) is 39.8 Å². The van der Waals surface area contributed by atoms with Crippen molar-refractivity contribution in [3.05, 3.63) is 46.2 Å². The first-order chi connectivity index (χ1) is 9.31. The number of halogens is 1. The zero-order valence-corrected chi connectivity index (χ0v) is 13.9. The van der Waals surface area contributed by atoms with Crippen molar-refractivity contribution >= 4 is 26.0 Å². The van der Waals surface area contributed by atoms with Gasteiger partial charge in [-0.15, -0.1) is 0 Å². The van der Waals surface area contributed by atoms with E-state index >= 15 is 0 Å². The largest absolute Gasteiger partial charge is 0.273 e. The maximum absolute atomic E-state index is 12.3. The standard InChI is InChI=1S/C13H16BrN3O2S/c1-9(13-8-15-17(3)10(13)2)16-20(18,19)12-6-4-11(14)5-7-12/h4-9,16H,1-3H3. The number of nitrogens with one attached hydrogen (secondary N) is 1. The molecule has 1 N–H and O–H groups in total. The van der Waals surface area contributed by atoms with E-state index in [4.69, 9.17) is 0 Å². The Morgan fingerprint density at radius 1 is 1.30 bits per heavy atom. The van der Waals surface area contributed by atoms with Crippen LogP contribution in [0.4, 0.5) is 0 Å². The quantitative estimate of drug-likeness (QED) is 0.914. The van der Waals surface area contributed by atoms with Gasteiger partial charge in [0.1, 0.15) is 0 Å². The first-order valence-corrected chi connectivity index (χ1v) is 8.35. The number of sulfonamides is 1. The highest BCUT2D eigenvalue weighted by Gasteiger charge is 2.20. The maximum atomic E-state index is 12.3. The van der Waals surface area contributed by atoms with Gasteiger partial charge >= 0.3 is 0 Å². The molecular formula is C13H16BrN3O2S. The molecule has 0 amide bonds. The van der Waals surface area contributed by atoms with Gasteiger partial charge < -0.3 is 0 Å². The topological polar surface area (TPSA) is 64.0 Å². The molecule has 0 fully saturated rings. The number of rotatable bonds is 4. The fourth-order valence-electron chi connectivity index (χ4n) is 1.92. The lowest BCUT2D eigenvalue weighted by Gasteiger charge is -2.14.